The van der Waals surface area contributed by atoms with Gasteiger partial charge in [-0.05, 0) is 42.5 Å². The Bertz CT molecular complexity index is 1220. The molecular weight excluding hydrogens is 511 g/mol. The first kappa shape index (κ1) is 28.4. The number of fused-ring (bicyclic) bond motifs is 1. The summed E-state index contributed by atoms with van der Waals surface area (Å²) in [5, 5.41) is 0. The molecule has 2 aliphatic rings. The number of ether oxygens (including phenoxy) is 1. The van der Waals surface area contributed by atoms with Crippen molar-refractivity contribution in [2.45, 2.75) is 65.7 Å². The molecule has 4 rings (SSSR count). The van der Waals surface area contributed by atoms with Gasteiger partial charge in [0.1, 0.15) is 18.8 Å². The highest BCUT2D eigenvalue weighted by molar-refractivity contribution is 5.91. The Kier molecular flexibility index (Phi) is 8.23. The number of benzene rings is 2. The molecule has 39 heavy (non-hydrogen) atoms. The van der Waals surface area contributed by atoms with Gasteiger partial charge in [0.2, 0.25) is 11.8 Å². The van der Waals surface area contributed by atoms with E-state index in [1.54, 1.807) is 17.9 Å². The summed E-state index contributed by atoms with van der Waals surface area (Å²) in [5.74, 6) is -1.07. The summed E-state index contributed by atoms with van der Waals surface area (Å²) in [6.45, 7) is 7.32. The molecule has 3 amide bonds. The summed E-state index contributed by atoms with van der Waals surface area (Å²) >= 11 is 0. The van der Waals surface area contributed by atoms with Crippen LogP contribution in [-0.4, -0.2) is 57.9 Å². The molecule has 0 aliphatic carbocycles. The zero-order valence-corrected chi connectivity index (χ0v) is 22.6. The normalized spacial score (nSPS) is 21.8. The van der Waals surface area contributed by atoms with E-state index in [9.17, 15) is 27.6 Å². The lowest BCUT2D eigenvalue weighted by atomic mass is 9.91. The molecule has 3 atom stereocenters. The summed E-state index contributed by atoms with van der Waals surface area (Å²) in [5.41, 5.74) is 0.733. The minimum atomic E-state index is -4.52. The fourth-order valence-corrected chi connectivity index (χ4v) is 5.44. The summed E-state index contributed by atoms with van der Waals surface area (Å²) in [6, 6.07) is 12.3. The number of piperazine rings is 1. The van der Waals surface area contributed by atoms with Gasteiger partial charge in [-0.1, -0.05) is 62.7 Å². The number of alkyl halides is 3. The van der Waals surface area contributed by atoms with E-state index in [0.717, 1.165) is 17.7 Å². The van der Waals surface area contributed by atoms with Crippen LogP contribution < -0.4 is 0 Å². The molecule has 2 heterocycles. The van der Waals surface area contributed by atoms with Gasteiger partial charge < -0.3 is 14.5 Å². The Morgan fingerprint density at radius 3 is 2.33 bits per heavy atom. The number of aryl methyl sites for hydroxylation is 1. The minimum absolute atomic E-state index is 0.106. The highest BCUT2D eigenvalue weighted by atomic mass is 19.4. The number of carbonyl (C=O) groups excluding carboxylic acids is 3. The highest BCUT2D eigenvalue weighted by Gasteiger charge is 2.52. The van der Waals surface area contributed by atoms with Crippen LogP contribution in [0.3, 0.4) is 0 Å². The lowest BCUT2D eigenvalue weighted by Crippen LogP contribution is -2.73. The van der Waals surface area contributed by atoms with Gasteiger partial charge in [0.25, 0.3) is 0 Å². The lowest BCUT2D eigenvalue weighted by molar-refractivity contribution is -0.176. The van der Waals surface area contributed by atoms with Crippen molar-refractivity contribution < 1.29 is 32.3 Å². The number of carbonyl (C=O) groups is 3. The first-order chi connectivity index (χ1) is 18.4. The summed E-state index contributed by atoms with van der Waals surface area (Å²) in [4.78, 5) is 45.2. The van der Waals surface area contributed by atoms with Crippen LogP contribution in [0.2, 0.25) is 0 Å². The van der Waals surface area contributed by atoms with Crippen LogP contribution in [-0.2, 0) is 33.7 Å². The second-order valence-electron chi connectivity index (χ2n) is 10.6. The van der Waals surface area contributed by atoms with Crippen molar-refractivity contribution in [3.05, 3.63) is 70.8 Å². The Balaban J connectivity index is 1.61. The Hall–Kier alpha value is -3.56. The molecule has 0 spiro atoms. The van der Waals surface area contributed by atoms with Gasteiger partial charge in [-0.2, -0.15) is 13.2 Å². The summed E-state index contributed by atoms with van der Waals surface area (Å²) in [6.07, 6.45) is -5.53. The first-order valence-corrected chi connectivity index (χ1v) is 13.2. The van der Waals surface area contributed by atoms with Crippen molar-refractivity contribution in [1.82, 2.24) is 14.7 Å². The molecular formula is C29H34F3N3O4. The van der Waals surface area contributed by atoms with E-state index >= 15 is 0 Å². The molecule has 2 aromatic carbocycles. The van der Waals surface area contributed by atoms with Gasteiger partial charge in [0.05, 0.1) is 18.0 Å². The second kappa shape index (κ2) is 11.3. The number of halogens is 3. The number of amides is 3. The molecule has 0 saturated carbocycles. The molecule has 2 aromatic rings. The third kappa shape index (κ3) is 6.04. The van der Waals surface area contributed by atoms with Crippen LogP contribution in [0.1, 0.15) is 49.4 Å². The number of hydrogen-bond donors (Lipinski definition) is 0. The molecule has 7 nitrogen and oxygen atoms in total. The molecule has 2 aliphatic heterocycles. The zero-order chi connectivity index (χ0) is 28.5. The van der Waals surface area contributed by atoms with E-state index in [4.69, 9.17) is 4.74 Å². The van der Waals surface area contributed by atoms with Crippen molar-refractivity contribution in [2.24, 2.45) is 11.8 Å². The topological polar surface area (TPSA) is 70.2 Å². The van der Waals surface area contributed by atoms with Crippen molar-refractivity contribution in [1.29, 1.82) is 0 Å². The summed E-state index contributed by atoms with van der Waals surface area (Å²) in [7, 11) is 0. The van der Waals surface area contributed by atoms with Crippen molar-refractivity contribution in [3.8, 4) is 0 Å². The fraction of sp³-hybridized carbons (Fsp3) is 0.483. The molecule has 0 N–H and O–H groups in total. The molecule has 210 valence electrons. The number of hydrogen-bond acceptors (Lipinski definition) is 4. The summed E-state index contributed by atoms with van der Waals surface area (Å²) < 4.78 is 45.4. The monoisotopic (exact) mass is 545 g/mol. The predicted octanol–water partition coefficient (Wildman–Crippen LogP) is 5.21. The van der Waals surface area contributed by atoms with Crippen LogP contribution in [0.5, 0.6) is 0 Å². The van der Waals surface area contributed by atoms with Gasteiger partial charge in [-0.25, -0.2) is 4.79 Å². The molecule has 0 bridgehead atoms. The van der Waals surface area contributed by atoms with Crippen LogP contribution in [0.4, 0.5) is 18.0 Å². The third-order valence-electron chi connectivity index (χ3n) is 7.35. The van der Waals surface area contributed by atoms with Crippen molar-refractivity contribution in [2.75, 3.05) is 13.1 Å². The van der Waals surface area contributed by atoms with Crippen LogP contribution in [0.15, 0.2) is 48.5 Å². The van der Waals surface area contributed by atoms with Crippen molar-refractivity contribution in [3.63, 3.8) is 0 Å². The van der Waals surface area contributed by atoms with E-state index in [2.05, 4.69) is 0 Å². The minimum Gasteiger partial charge on any atom is -0.444 e. The van der Waals surface area contributed by atoms with Gasteiger partial charge >= 0.3 is 12.3 Å². The lowest BCUT2D eigenvalue weighted by Gasteiger charge is -2.54. The molecule has 0 aromatic heterocycles. The van der Waals surface area contributed by atoms with Crippen LogP contribution in [0.25, 0.3) is 0 Å². The maximum Gasteiger partial charge on any atom is 0.416 e. The SMILES string of the molecule is CC[C@@H]1CN(C(=O)OCc2cc(C)cc(C(F)(F)F)c2)[C@H]2CN(Cc3ccccc3)C(=O)[C@H](C(C)C)N2C1=O. The largest absolute Gasteiger partial charge is 0.444 e. The smallest absolute Gasteiger partial charge is 0.416 e. The number of nitrogens with zero attached hydrogens (tertiary/aromatic N) is 3. The van der Waals surface area contributed by atoms with E-state index < -0.39 is 36.0 Å². The quantitative estimate of drug-likeness (QED) is 0.500. The van der Waals surface area contributed by atoms with Gasteiger partial charge in [-0.3, -0.25) is 14.5 Å². The van der Waals surface area contributed by atoms with E-state index in [-0.39, 0.29) is 43.0 Å². The van der Waals surface area contributed by atoms with E-state index in [1.165, 1.54) is 9.80 Å². The predicted molar refractivity (Wildman–Crippen MR) is 138 cm³/mol. The van der Waals surface area contributed by atoms with Crippen LogP contribution >= 0.6 is 0 Å². The van der Waals surface area contributed by atoms with E-state index in [1.807, 2.05) is 51.1 Å². The molecule has 2 saturated heterocycles. The molecule has 0 radical (unpaired) electrons. The van der Waals surface area contributed by atoms with Gasteiger partial charge in [-0.15, -0.1) is 0 Å². The van der Waals surface area contributed by atoms with Crippen LogP contribution in [0, 0.1) is 18.8 Å². The fourth-order valence-electron chi connectivity index (χ4n) is 5.44. The molecule has 10 heteroatoms. The van der Waals surface area contributed by atoms with Crippen molar-refractivity contribution >= 4 is 17.9 Å². The standard InChI is InChI=1S/C29H34F3N3O4/c1-5-22-15-34(28(38)39-17-21-11-19(4)12-23(13-21)29(30,31)32)24-16-33(14-20-9-7-6-8-10-20)27(37)25(18(2)3)35(24)26(22)36/h6-13,18,22,24-25H,5,14-17H2,1-4H3/t22-,24-,25+/m1/s1. The number of rotatable bonds is 6. The molecule has 0 unspecified atom stereocenters. The van der Waals surface area contributed by atoms with Gasteiger partial charge in [0.15, 0.2) is 0 Å². The third-order valence-corrected chi connectivity index (χ3v) is 7.35. The average Bonchev–Trinajstić information content (AvgIpc) is 2.88. The maximum atomic E-state index is 13.6. The van der Waals surface area contributed by atoms with E-state index in [0.29, 0.717) is 18.5 Å². The van der Waals surface area contributed by atoms with Gasteiger partial charge in [0, 0.05) is 13.1 Å². The second-order valence-corrected chi connectivity index (χ2v) is 10.6. The highest BCUT2D eigenvalue weighted by Crippen LogP contribution is 2.34. The first-order valence-electron chi connectivity index (χ1n) is 13.2. The Labute approximate surface area is 226 Å². The Morgan fingerprint density at radius 1 is 1.03 bits per heavy atom. The zero-order valence-electron chi connectivity index (χ0n) is 22.6. The Morgan fingerprint density at radius 2 is 1.72 bits per heavy atom. The molecule has 2 fully saturated rings. The average molecular weight is 546 g/mol. The maximum absolute atomic E-state index is 13.6.